The summed E-state index contributed by atoms with van der Waals surface area (Å²) in [5.74, 6) is 0.227. The van der Waals surface area contributed by atoms with E-state index in [1.165, 1.54) is 0 Å². The number of aromatic nitrogens is 1. The number of benzene rings is 2. The van der Waals surface area contributed by atoms with Crippen molar-refractivity contribution in [2.24, 2.45) is 0 Å². The van der Waals surface area contributed by atoms with Crippen LogP contribution in [0.2, 0.25) is 5.02 Å². The first-order valence-corrected chi connectivity index (χ1v) is 9.89. The highest BCUT2D eigenvalue weighted by Crippen LogP contribution is 2.22. The Labute approximate surface area is 181 Å². The Kier molecular flexibility index (Phi) is 6.53. The summed E-state index contributed by atoms with van der Waals surface area (Å²) in [6.45, 7) is 3.83. The fraction of sp³-hybridized carbons (Fsp3) is 0.208. The van der Waals surface area contributed by atoms with Gasteiger partial charge in [0.2, 0.25) is 0 Å². The first-order valence-electron chi connectivity index (χ1n) is 9.51. The number of ether oxygens (including phenoxy) is 1. The minimum absolute atomic E-state index is 0.108. The van der Waals surface area contributed by atoms with E-state index in [2.05, 4.69) is 4.98 Å². The molecule has 0 atom stereocenters. The summed E-state index contributed by atoms with van der Waals surface area (Å²) in [5, 5.41) is 0.579. The molecule has 0 spiro atoms. The number of ketones is 1. The van der Waals surface area contributed by atoms with Crippen molar-refractivity contribution in [2.45, 2.75) is 26.0 Å². The molecule has 3 aromatic rings. The molecule has 6 heteroatoms. The quantitative estimate of drug-likeness (QED) is 0.514. The summed E-state index contributed by atoms with van der Waals surface area (Å²) in [5.41, 5.74) is 0.806. The zero-order valence-electron chi connectivity index (χ0n) is 17.1. The Balaban J connectivity index is 1.66. The van der Waals surface area contributed by atoms with E-state index in [1.54, 1.807) is 80.5 Å². The van der Waals surface area contributed by atoms with Gasteiger partial charge in [0.05, 0.1) is 12.2 Å². The van der Waals surface area contributed by atoms with E-state index in [0.717, 1.165) is 5.69 Å². The number of likely N-dealkylation sites (N-methyl/N-ethyl adjacent to an activating group) is 1. The SMILES string of the molecule is CN(Cc1ccccn1)C(=O)C(C)(C)Oc1ccc(C(=O)c2ccc(Cl)cc2)cc1. The van der Waals surface area contributed by atoms with Crippen molar-refractivity contribution in [3.8, 4) is 5.75 Å². The second kappa shape index (κ2) is 9.09. The molecule has 0 saturated heterocycles. The minimum atomic E-state index is -1.08. The fourth-order valence-electron chi connectivity index (χ4n) is 3.05. The van der Waals surface area contributed by atoms with Gasteiger partial charge in [-0.05, 0) is 74.5 Å². The molecule has 0 aliphatic rings. The van der Waals surface area contributed by atoms with E-state index < -0.39 is 5.60 Å². The first kappa shape index (κ1) is 21.5. The van der Waals surface area contributed by atoms with Gasteiger partial charge in [-0.2, -0.15) is 0 Å². The topological polar surface area (TPSA) is 59.5 Å². The van der Waals surface area contributed by atoms with Gasteiger partial charge in [-0.3, -0.25) is 14.6 Å². The summed E-state index contributed by atoms with van der Waals surface area (Å²) in [6.07, 6.45) is 1.70. The molecule has 0 unspecified atom stereocenters. The number of carbonyl (C=O) groups excluding carboxylic acids is 2. The van der Waals surface area contributed by atoms with Gasteiger partial charge in [0, 0.05) is 29.4 Å². The number of amides is 1. The highest BCUT2D eigenvalue weighted by molar-refractivity contribution is 6.30. The molecule has 2 aromatic carbocycles. The van der Waals surface area contributed by atoms with E-state index in [4.69, 9.17) is 16.3 Å². The van der Waals surface area contributed by atoms with E-state index >= 15 is 0 Å². The van der Waals surface area contributed by atoms with Gasteiger partial charge in [-0.25, -0.2) is 0 Å². The molecule has 0 radical (unpaired) electrons. The maximum Gasteiger partial charge on any atom is 0.266 e. The van der Waals surface area contributed by atoms with Gasteiger partial charge in [0.25, 0.3) is 5.91 Å². The van der Waals surface area contributed by atoms with Crippen LogP contribution in [0.1, 0.15) is 35.5 Å². The Bertz CT molecular complexity index is 1020. The summed E-state index contributed by atoms with van der Waals surface area (Å²) in [7, 11) is 1.72. The van der Waals surface area contributed by atoms with Gasteiger partial charge >= 0.3 is 0 Å². The van der Waals surface area contributed by atoms with E-state index in [9.17, 15) is 9.59 Å². The van der Waals surface area contributed by atoms with E-state index in [1.807, 2.05) is 18.2 Å². The molecule has 1 aromatic heterocycles. The third-order valence-corrected chi connectivity index (χ3v) is 4.83. The van der Waals surface area contributed by atoms with Crippen LogP contribution >= 0.6 is 11.6 Å². The zero-order chi connectivity index (χ0) is 21.7. The lowest BCUT2D eigenvalue weighted by Gasteiger charge is -2.30. The Hall–Kier alpha value is -3.18. The van der Waals surface area contributed by atoms with E-state index in [0.29, 0.717) is 28.4 Å². The van der Waals surface area contributed by atoms with Crippen LogP contribution in [0.4, 0.5) is 0 Å². The molecule has 0 fully saturated rings. The van der Waals surface area contributed by atoms with Crippen molar-refractivity contribution >= 4 is 23.3 Å². The second-order valence-corrected chi connectivity index (χ2v) is 7.89. The molecule has 0 N–H and O–H groups in total. The van der Waals surface area contributed by atoms with Crippen molar-refractivity contribution in [3.63, 3.8) is 0 Å². The van der Waals surface area contributed by atoms with Crippen LogP contribution in [0.3, 0.4) is 0 Å². The van der Waals surface area contributed by atoms with Crippen molar-refractivity contribution in [2.75, 3.05) is 7.05 Å². The van der Waals surface area contributed by atoms with Gasteiger partial charge in [0.15, 0.2) is 11.4 Å². The predicted molar refractivity (Wildman–Crippen MR) is 117 cm³/mol. The summed E-state index contributed by atoms with van der Waals surface area (Å²) in [6, 6.07) is 19.1. The molecule has 1 amide bonds. The molecule has 0 bridgehead atoms. The van der Waals surface area contributed by atoms with Gasteiger partial charge < -0.3 is 9.64 Å². The molecular formula is C24H23ClN2O3. The van der Waals surface area contributed by atoms with Crippen LogP contribution < -0.4 is 4.74 Å². The number of hydrogen-bond donors (Lipinski definition) is 0. The van der Waals surface area contributed by atoms with Gasteiger partial charge in [-0.15, -0.1) is 0 Å². The Morgan fingerprint density at radius 2 is 1.57 bits per heavy atom. The summed E-state index contributed by atoms with van der Waals surface area (Å²) >= 11 is 5.88. The van der Waals surface area contributed by atoms with Crippen LogP contribution in [0.25, 0.3) is 0 Å². The molecule has 0 aliphatic carbocycles. The molecular weight excluding hydrogens is 400 g/mol. The van der Waals surface area contributed by atoms with Crippen molar-refractivity contribution in [1.82, 2.24) is 9.88 Å². The zero-order valence-corrected chi connectivity index (χ0v) is 17.9. The Morgan fingerprint density at radius 3 is 2.13 bits per heavy atom. The molecule has 30 heavy (non-hydrogen) atoms. The van der Waals surface area contributed by atoms with Gasteiger partial charge in [0.1, 0.15) is 5.75 Å². The highest BCUT2D eigenvalue weighted by Gasteiger charge is 2.33. The normalized spacial score (nSPS) is 11.1. The summed E-state index contributed by atoms with van der Waals surface area (Å²) < 4.78 is 5.94. The van der Waals surface area contributed by atoms with Crippen LogP contribution in [0.15, 0.2) is 72.9 Å². The molecule has 154 valence electrons. The number of nitrogens with zero attached hydrogens (tertiary/aromatic N) is 2. The standard InChI is InChI=1S/C24H23ClN2O3/c1-24(2,23(29)27(3)16-20-6-4-5-15-26-20)30-21-13-9-18(10-14-21)22(28)17-7-11-19(25)12-8-17/h4-15H,16H2,1-3H3. The number of pyridine rings is 1. The third kappa shape index (κ3) is 5.24. The monoisotopic (exact) mass is 422 g/mol. The maximum atomic E-state index is 12.9. The summed E-state index contributed by atoms with van der Waals surface area (Å²) in [4.78, 5) is 31.3. The van der Waals surface area contributed by atoms with Crippen molar-refractivity contribution in [3.05, 3.63) is 94.8 Å². The van der Waals surface area contributed by atoms with E-state index in [-0.39, 0.29) is 11.7 Å². The first-order chi connectivity index (χ1) is 14.3. The largest absolute Gasteiger partial charge is 0.478 e. The number of carbonyl (C=O) groups is 2. The number of rotatable bonds is 7. The highest BCUT2D eigenvalue weighted by atomic mass is 35.5. The molecule has 3 rings (SSSR count). The maximum absolute atomic E-state index is 12.9. The van der Waals surface area contributed by atoms with Crippen molar-refractivity contribution < 1.29 is 14.3 Å². The molecule has 5 nitrogen and oxygen atoms in total. The van der Waals surface area contributed by atoms with Crippen molar-refractivity contribution in [1.29, 1.82) is 0 Å². The van der Waals surface area contributed by atoms with Gasteiger partial charge in [-0.1, -0.05) is 17.7 Å². The Morgan fingerprint density at radius 1 is 0.967 bits per heavy atom. The third-order valence-electron chi connectivity index (χ3n) is 4.58. The second-order valence-electron chi connectivity index (χ2n) is 7.46. The molecule has 0 aliphatic heterocycles. The minimum Gasteiger partial charge on any atom is -0.478 e. The van der Waals surface area contributed by atoms with Crippen LogP contribution in [-0.4, -0.2) is 34.2 Å². The lowest BCUT2D eigenvalue weighted by Crippen LogP contribution is -2.47. The lowest BCUT2D eigenvalue weighted by molar-refractivity contribution is -0.144. The lowest BCUT2D eigenvalue weighted by atomic mass is 10.0. The fourth-order valence-corrected chi connectivity index (χ4v) is 3.17. The smallest absolute Gasteiger partial charge is 0.266 e. The number of halogens is 1. The molecule has 1 heterocycles. The number of hydrogen-bond acceptors (Lipinski definition) is 4. The molecule has 0 saturated carbocycles. The van der Waals surface area contributed by atoms with Crippen LogP contribution in [-0.2, 0) is 11.3 Å². The predicted octanol–water partition coefficient (Wildman–Crippen LogP) is 4.78. The average molecular weight is 423 g/mol. The average Bonchev–Trinajstić information content (AvgIpc) is 2.74. The van der Waals surface area contributed by atoms with Crippen LogP contribution in [0.5, 0.6) is 5.75 Å². The van der Waals surface area contributed by atoms with Crippen LogP contribution in [0, 0.1) is 0 Å².